The molecule has 2 fully saturated rings. The molecule has 1 aliphatic carbocycles. The van der Waals surface area contributed by atoms with E-state index in [2.05, 4.69) is 58.7 Å². The molecule has 1 spiro atoms. The lowest BCUT2D eigenvalue weighted by atomic mass is 9.82. The van der Waals surface area contributed by atoms with Crippen molar-refractivity contribution in [1.82, 2.24) is 14.8 Å². The number of likely N-dealkylation sites (tertiary alicyclic amines) is 1. The van der Waals surface area contributed by atoms with Gasteiger partial charge < -0.3 is 24.8 Å². The Morgan fingerprint density at radius 2 is 1.91 bits per heavy atom. The minimum absolute atomic E-state index is 0.0287. The standard InChI is InChI=1S/C27H36N4O3/c1-3-34-25(32)21-9-7-20(8-10-21)18-28-26(33)30-15-12-27(13-16-30)24-5-4-14-31(24)23-11-6-19(2)17-22(23)29-27/h4-6,11,14,17,20-21,29H,3,7-10,12-13,15-16,18H2,1-2H3,(H,28,33). The third kappa shape index (κ3) is 4.28. The second-order valence-corrected chi connectivity index (χ2v) is 10.1. The van der Waals surface area contributed by atoms with Crippen LogP contribution in [0.1, 0.15) is 56.7 Å². The van der Waals surface area contributed by atoms with Crippen LogP contribution < -0.4 is 10.6 Å². The number of amides is 2. The van der Waals surface area contributed by atoms with Crippen LogP contribution in [0.5, 0.6) is 0 Å². The van der Waals surface area contributed by atoms with Gasteiger partial charge in [0.2, 0.25) is 0 Å². The van der Waals surface area contributed by atoms with Crippen molar-refractivity contribution in [2.24, 2.45) is 11.8 Å². The van der Waals surface area contributed by atoms with E-state index in [9.17, 15) is 9.59 Å². The van der Waals surface area contributed by atoms with Crippen LogP contribution in [0.3, 0.4) is 0 Å². The number of aromatic nitrogens is 1. The fraction of sp³-hybridized carbons (Fsp3) is 0.556. The number of urea groups is 1. The van der Waals surface area contributed by atoms with Gasteiger partial charge in [0.25, 0.3) is 0 Å². The summed E-state index contributed by atoms with van der Waals surface area (Å²) in [5.74, 6) is 0.405. The Kier molecular flexibility index (Phi) is 6.28. The number of carbonyl (C=O) groups excluding carboxylic acids is 2. The van der Waals surface area contributed by atoms with Crippen molar-refractivity contribution in [2.75, 3.05) is 31.6 Å². The van der Waals surface area contributed by atoms with Crippen LogP contribution in [0.15, 0.2) is 36.5 Å². The van der Waals surface area contributed by atoms with Crippen LogP contribution in [0.4, 0.5) is 10.5 Å². The average molecular weight is 465 g/mol. The highest BCUT2D eigenvalue weighted by Gasteiger charge is 2.42. The molecule has 3 heterocycles. The molecule has 7 heteroatoms. The number of benzene rings is 1. The first kappa shape index (κ1) is 22.8. The molecule has 1 saturated carbocycles. The van der Waals surface area contributed by atoms with E-state index in [1.807, 2.05) is 11.8 Å². The molecule has 2 aliphatic heterocycles. The predicted molar refractivity (Wildman–Crippen MR) is 132 cm³/mol. The summed E-state index contributed by atoms with van der Waals surface area (Å²) >= 11 is 0. The van der Waals surface area contributed by atoms with Crippen molar-refractivity contribution in [3.63, 3.8) is 0 Å². The molecule has 2 N–H and O–H groups in total. The summed E-state index contributed by atoms with van der Waals surface area (Å²) in [6.07, 6.45) is 7.54. The van der Waals surface area contributed by atoms with E-state index in [1.54, 1.807) is 0 Å². The van der Waals surface area contributed by atoms with E-state index in [4.69, 9.17) is 4.74 Å². The molecule has 34 heavy (non-hydrogen) atoms. The molecule has 0 atom stereocenters. The average Bonchev–Trinajstić information content (AvgIpc) is 3.35. The Morgan fingerprint density at radius 1 is 1.15 bits per heavy atom. The normalized spacial score (nSPS) is 22.9. The highest BCUT2D eigenvalue weighted by Crippen LogP contribution is 2.43. The quantitative estimate of drug-likeness (QED) is 0.650. The van der Waals surface area contributed by atoms with Gasteiger partial charge in [0.05, 0.1) is 29.4 Å². The maximum atomic E-state index is 12.9. The van der Waals surface area contributed by atoms with Crippen LogP contribution >= 0.6 is 0 Å². The molecule has 0 bridgehead atoms. The summed E-state index contributed by atoms with van der Waals surface area (Å²) < 4.78 is 7.46. The number of nitrogens with zero attached hydrogens (tertiary/aromatic N) is 2. The first-order valence-electron chi connectivity index (χ1n) is 12.8. The van der Waals surface area contributed by atoms with E-state index in [0.29, 0.717) is 19.1 Å². The monoisotopic (exact) mass is 464 g/mol. The molecular formula is C27H36N4O3. The number of piperidine rings is 1. The molecule has 1 saturated heterocycles. The molecule has 0 unspecified atom stereocenters. The fourth-order valence-electron chi connectivity index (χ4n) is 5.94. The molecule has 1 aromatic carbocycles. The van der Waals surface area contributed by atoms with Gasteiger partial charge in [0, 0.05) is 31.5 Å². The summed E-state index contributed by atoms with van der Waals surface area (Å²) in [6.45, 7) is 6.55. The molecule has 7 nitrogen and oxygen atoms in total. The Labute approximate surface area is 201 Å². The first-order chi connectivity index (χ1) is 16.5. The molecule has 2 amide bonds. The SMILES string of the molecule is CCOC(=O)C1CCC(CNC(=O)N2CCC3(CC2)Nc2cc(C)ccc2-n2cccc23)CC1. The minimum Gasteiger partial charge on any atom is -0.466 e. The Morgan fingerprint density at radius 3 is 2.65 bits per heavy atom. The zero-order valence-corrected chi connectivity index (χ0v) is 20.3. The highest BCUT2D eigenvalue weighted by atomic mass is 16.5. The number of fused-ring (bicyclic) bond motifs is 4. The van der Waals surface area contributed by atoms with E-state index in [1.165, 1.54) is 22.6 Å². The van der Waals surface area contributed by atoms with E-state index >= 15 is 0 Å². The van der Waals surface area contributed by atoms with Gasteiger partial charge in [-0.25, -0.2) is 4.79 Å². The number of ether oxygens (including phenoxy) is 1. The number of nitrogens with one attached hydrogen (secondary N) is 2. The third-order valence-electron chi connectivity index (χ3n) is 7.94. The maximum absolute atomic E-state index is 12.9. The van der Waals surface area contributed by atoms with Crippen molar-refractivity contribution in [2.45, 2.75) is 57.9 Å². The van der Waals surface area contributed by atoms with Gasteiger partial charge in [-0.05, 0) is 88.1 Å². The Bertz CT molecular complexity index is 1050. The topological polar surface area (TPSA) is 75.6 Å². The summed E-state index contributed by atoms with van der Waals surface area (Å²) in [5, 5.41) is 7.01. The molecule has 0 radical (unpaired) electrons. The number of carbonyl (C=O) groups is 2. The van der Waals surface area contributed by atoms with Gasteiger partial charge in [0.15, 0.2) is 0 Å². The van der Waals surface area contributed by atoms with Crippen molar-refractivity contribution in [1.29, 1.82) is 0 Å². The van der Waals surface area contributed by atoms with Crippen LogP contribution in [0.25, 0.3) is 5.69 Å². The first-order valence-corrected chi connectivity index (χ1v) is 12.8. The second-order valence-electron chi connectivity index (χ2n) is 10.1. The minimum atomic E-state index is -0.146. The van der Waals surface area contributed by atoms with Crippen molar-refractivity contribution in [3.05, 3.63) is 47.8 Å². The number of hydrogen-bond donors (Lipinski definition) is 2. The molecule has 182 valence electrons. The van der Waals surface area contributed by atoms with Crippen molar-refractivity contribution in [3.8, 4) is 5.69 Å². The molecule has 5 rings (SSSR count). The van der Waals surface area contributed by atoms with Crippen LogP contribution in [-0.2, 0) is 15.1 Å². The van der Waals surface area contributed by atoms with Gasteiger partial charge in [-0.15, -0.1) is 0 Å². The number of anilines is 1. The summed E-state index contributed by atoms with van der Waals surface area (Å²) in [5.41, 5.74) is 4.73. The van der Waals surface area contributed by atoms with E-state index in [-0.39, 0.29) is 23.5 Å². The van der Waals surface area contributed by atoms with Crippen LogP contribution in [0, 0.1) is 18.8 Å². The fourth-order valence-corrected chi connectivity index (χ4v) is 5.94. The van der Waals surface area contributed by atoms with Crippen molar-refractivity contribution < 1.29 is 14.3 Å². The van der Waals surface area contributed by atoms with Crippen LogP contribution in [-0.4, -0.2) is 47.7 Å². The van der Waals surface area contributed by atoms with Gasteiger partial charge in [0.1, 0.15) is 0 Å². The van der Waals surface area contributed by atoms with Crippen LogP contribution in [0.2, 0.25) is 0 Å². The molecule has 3 aliphatic rings. The van der Waals surface area contributed by atoms with Gasteiger partial charge >= 0.3 is 12.0 Å². The maximum Gasteiger partial charge on any atom is 0.317 e. The predicted octanol–water partition coefficient (Wildman–Crippen LogP) is 4.58. The molecular weight excluding hydrogens is 428 g/mol. The number of hydrogen-bond acceptors (Lipinski definition) is 4. The van der Waals surface area contributed by atoms with E-state index in [0.717, 1.165) is 51.6 Å². The molecule has 1 aromatic heterocycles. The zero-order valence-electron chi connectivity index (χ0n) is 20.3. The van der Waals surface area contributed by atoms with Gasteiger partial charge in [-0.1, -0.05) is 6.07 Å². The zero-order chi connectivity index (χ0) is 23.7. The Balaban J connectivity index is 1.15. The number of rotatable bonds is 4. The van der Waals surface area contributed by atoms with Gasteiger partial charge in [-0.3, -0.25) is 4.79 Å². The summed E-state index contributed by atoms with van der Waals surface area (Å²) in [6, 6.07) is 10.9. The lowest BCUT2D eigenvalue weighted by Crippen LogP contribution is -2.53. The lowest BCUT2D eigenvalue weighted by Gasteiger charge is -2.46. The highest BCUT2D eigenvalue weighted by molar-refractivity contribution is 5.75. The number of esters is 1. The van der Waals surface area contributed by atoms with Crippen molar-refractivity contribution >= 4 is 17.7 Å². The largest absolute Gasteiger partial charge is 0.466 e. The smallest absolute Gasteiger partial charge is 0.317 e. The summed E-state index contributed by atoms with van der Waals surface area (Å²) in [4.78, 5) is 26.8. The number of aryl methyl sites for hydroxylation is 1. The molecule has 2 aromatic rings. The Hall–Kier alpha value is -2.96. The van der Waals surface area contributed by atoms with E-state index < -0.39 is 0 Å². The van der Waals surface area contributed by atoms with Gasteiger partial charge in [-0.2, -0.15) is 0 Å². The second kappa shape index (κ2) is 9.35. The summed E-state index contributed by atoms with van der Waals surface area (Å²) in [7, 11) is 0. The third-order valence-corrected chi connectivity index (χ3v) is 7.94. The lowest BCUT2D eigenvalue weighted by molar-refractivity contribution is -0.149.